The SMILES string of the molecule is CCCCCCCCCCCCCCCCCCCC[C@@H](OC(C)=O)C(=O)N[C@@H](CO[C@@H]1O[C@H](COC(C)=O)[C@@H](O[C@@H]2O[C@H](COC(C)=O)[C@H](OC(C)=O)[C@H](OC(C)=O)[C@H]2OC(C)=O)[C@H](O[C@@H]2O[C@@H](C)[C@@H](OC(C)=O)[C@@H](OC(C)=O)[C@@H]2OC(C)=O)[C@H]1OC(C)=O)[C@H](OC(C)=O)[C@@H](CCCCCCCCCCCCCC)OC(C)=O. The highest BCUT2D eigenvalue weighted by molar-refractivity contribution is 5.83. The van der Waals surface area contributed by atoms with E-state index in [0.717, 1.165) is 160 Å². The first-order valence-corrected chi connectivity index (χ1v) is 41.4. The zero-order valence-corrected chi connectivity index (χ0v) is 70.4. The van der Waals surface area contributed by atoms with Crippen LogP contribution in [0.4, 0.5) is 0 Å². The Morgan fingerprint density at radius 3 is 1.01 bits per heavy atom. The van der Waals surface area contributed by atoms with E-state index >= 15 is 4.79 Å². The Hall–Kier alpha value is -7.13. The number of ether oxygens (including phenoxy) is 18. The molecule has 3 aliphatic heterocycles. The highest BCUT2D eigenvalue weighted by Gasteiger charge is 2.60. The summed E-state index contributed by atoms with van der Waals surface area (Å²) < 4.78 is 109. The van der Waals surface area contributed by atoms with Crippen molar-refractivity contribution >= 4 is 77.5 Å². The van der Waals surface area contributed by atoms with Crippen LogP contribution < -0.4 is 5.32 Å². The molecule has 19 atom stereocenters. The number of hydrogen-bond donors (Lipinski definition) is 1. The monoisotopic (exact) mass is 1630 g/mol. The first kappa shape index (κ1) is 101. The average molecular weight is 1630 g/mol. The van der Waals surface area contributed by atoms with Gasteiger partial charge in [-0.3, -0.25) is 62.3 Å². The van der Waals surface area contributed by atoms with Gasteiger partial charge in [0, 0.05) is 83.1 Å². The van der Waals surface area contributed by atoms with Crippen molar-refractivity contribution in [2.24, 2.45) is 0 Å². The van der Waals surface area contributed by atoms with E-state index in [1.54, 1.807) is 0 Å². The van der Waals surface area contributed by atoms with E-state index in [4.69, 9.17) is 85.3 Å². The van der Waals surface area contributed by atoms with Gasteiger partial charge in [-0.2, -0.15) is 0 Å². The lowest BCUT2D eigenvalue weighted by atomic mass is 9.95. The summed E-state index contributed by atoms with van der Waals surface area (Å²) >= 11 is 0. The summed E-state index contributed by atoms with van der Waals surface area (Å²) in [5.74, 6) is -12.3. The highest BCUT2D eigenvalue weighted by Crippen LogP contribution is 2.39. The summed E-state index contributed by atoms with van der Waals surface area (Å²) in [6.45, 7) is 15.7. The van der Waals surface area contributed by atoms with Gasteiger partial charge in [-0.1, -0.05) is 194 Å². The van der Waals surface area contributed by atoms with Crippen LogP contribution in [0.1, 0.15) is 309 Å². The van der Waals surface area contributed by atoms with Crippen LogP contribution in [0.5, 0.6) is 0 Å². The molecule has 0 radical (unpaired) electrons. The standard InChI is InChI=1S/C82H135NO31/c1-16-18-20-22-24-26-28-30-31-32-33-34-35-37-39-41-43-45-47-66(102-55(7)87)79(96)83-64(70(104-57(9)89)65(101-54(6)86)46-44-42-40-38-36-29-27-25-23-21-19-17-2)48-99-80-76(108-61(13)93)75(114-81-77(109-62(14)94)73(106-59(11)91)69(51(3)100-81)103-56(8)88)72(68(111-80)50-98-53(5)85)113-82-78(110-63(15)95)74(107-60(12)92)71(105-58(10)90)67(112-82)49-97-52(4)84/h51,64-78,80-82H,16-50H2,1-15H3,(H,83,96)/t51-,64-,65+,66+,67+,68+,69+,70-,71-,72+,73+,74-,75-,76+,77-,78+,80+,81-,82-/m0/s1. The second kappa shape index (κ2) is 57.0. The van der Waals surface area contributed by atoms with Gasteiger partial charge in [0.05, 0.1) is 18.8 Å². The summed E-state index contributed by atoms with van der Waals surface area (Å²) in [5, 5.41) is 2.86. The molecule has 3 aliphatic rings. The Morgan fingerprint density at radius 1 is 0.307 bits per heavy atom. The molecule has 0 aromatic heterocycles. The topological polar surface area (TPSA) is 400 Å². The number of hydrogen-bond acceptors (Lipinski definition) is 31. The van der Waals surface area contributed by atoms with Crippen LogP contribution in [-0.2, 0) is 148 Å². The van der Waals surface area contributed by atoms with Crippen LogP contribution >= 0.6 is 0 Å². The van der Waals surface area contributed by atoms with Gasteiger partial charge >= 0.3 is 71.6 Å². The normalized spacial score (nSPS) is 24.3. The summed E-state index contributed by atoms with van der Waals surface area (Å²) in [6, 6.07) is -1.63. The van der Waals surface area contributed by atoms with Crippen molar-refractivity contribution in [1.82, 2.24) is 5.32 Å². The molecular weight excluding hydrogens is 1490 g/mol. The fourth-order valence-electron chi connectivity index (χ4n) is 14.3. The molecule has 32 heteroatoms. The first-order chi connectivity index (χ1) is 54.3. The van der Waals surface area contributed by atoms with Crippen molar-refractivity contribution in [3.8, 4) is 0 Å². The summed E-state index contributed by atoms with van der Waals surface area (Å²) in [6.07, 6.45) is -0.409. The number of unbranched alkanes of at least 4 members (excludes halogenated alkanes) is 28. The van der Waals surface area contributed by atoms with Gasteiger partial charge in [-0.15, -0.1) is 0 Å². The van der Waals surface area contributed by atoms with Gasteiger partial charge in [0.25, 0.3) is 5.91 Å². The van der Waals surface area contributed by atoms with Crippen LogP contribution in [0, 0.1) is 0 Å². The molecule has 1 amide bonds. The van der Waals surface area contributed by atoms with Gasteiger partial charge in [-0.05, 0) is 32.6 Å². The largest absolute Gasteiger partial charge is 0.463 e. The zero-order chi connectivity index (χ0) is 84.7. The molecule has 654 valence electrons. The van der Waals surface area contributed by atoms with Crippen molar-refractivity contribution in [2.75, 3.05) is 19.8 Å². The van der Waals surface area contributed by atoms with Gasteiger partial charge < -0.3 is 90.6 Å². The van der Waals surface area contributed by atoms with Crippen molar-refractivity contribution in [3.05, 3.63) is 0 Å². The van der Waals surface area contributed by atoms with Gasteiger partial charge in [0.15, 0.2) is 73.8 Å². The van der Waals surface area contributed by atoms with Crippen LogP contribution in [0.2, 0.25) is 0 Å². The van der Waals surface area contributed by atoms with Crippen LogP contribution in [0.25, 0.3) is 0 Å². The third-order valence-electron chi connectivity index (χ3n) is 19.4. The molecule has 3 heterocycles. The molecule has 0 spiro atoms. The molecule has 1 N–H and O–H groups in total. The number of rotatable bonds is 57. The van der Waals surface area contributed by atoms with Gasteiger partial charge in [-0.25, -0.2) is 0 Å². The summed E-state index contributed by atoms with van der Waals surface area (Å²) in [7, 11) is 0. The maximum absolute atomic E-state index is 15.1. The maximum atomic E-state index is 15.1. The molecule has 0 bridgehead atoms. The van der Waals surface area contributed by atoms with Crippen LogP contribution in [0.3, 0.4) is 0 Å². The highest BCUT2D eigenvalue weighted by atomic mass is 16.8. The molecule has 0 aromatic carbocycles. The minimum absolute atomic E-state index is 0.0381. The molecule has 0 unspecified atom stereocenters. The van der Waals surface area contributed by atoms with E-state index in [2.05, 4.69) is 19.2 Å². The second-order valence-electron chi connectivity index (χ2n) is 29.9. The second-order valence-corrected chi connectivity index (χ2v) is 29.9. The molecule has 0 aromatic rings. The fourth-order valence-corrected chi connectivity index (χ4v) is 14.3. The third-order valence-corrected chi connectivity index (χ3v) is 19.4. The third kappa shape index (κ3) is 41.1. The Balaban J connectivity index is 2.33. The van der Waals surface area contributed by atoms with E-state index in [-0.39, 0.29) is 12.8 Å². The van der Waals surface area contributed by atoms with Crippen molar-refractivity contribution in [2.45, 2.75) is 426 Å². The minimum Gasteiger partial charge on any atom is -0.463 e. The first-order valence-electron chi connectivity index (χ1n) is 41.4. The molecular formula is C82H135NO31. The predicted octanol–water partition coefficient (Wildman–Crippen LogP) is 11.4. The molecule has 0 saturated carbocycles. The smallest absolute Gasteiger partial charge is 0.303 e. The Kier molecular flexibility index (Phi) is 50.6. The Labute approximate surface area is 673 Å². The lowest BCUT2D eigenvalue weighted by Gasteiger charge is -2.50. The summed E-state index contributed by atoms with van der Waals surface area (Å²) in [4.78, 5) is 173. The molecule has 3 rings (SSSR count). The zero-order valence-electron chi connectivity index (χ0n) is 70.4. The maximum Gasteiger partial charge on any atom is 0.303 e. The molecule has 0 aliphatic carbocycles. The summed E-state index contributed by atoms with van der Waals surface area (Å²) in [5.41, 5.74) is 0. The van der Waals surface area contributed by atoms with E-state index in [0.29, 0.717) is 25.7 Å². The van der Waals surface area contributed by atoms with E-state index in [9.17, 15) is 57.5 Å². The van der Waals surface area contributed by atoms with E-state index < -0.39 is 214 Å². The quantitative estimate of drug-likeness (QED) is 0.0336. The van der Waals surface area contributed by atoms with Crippen LogP contribution in [0.15, 0.2) is 0 Å². The lowest BCUT2D eigenvalue weighted by Crippen LogP contribution is -2.69. The van der Waals surface area contributed by atoms with Crippen LogP contribution in [-0.4, -0.2) is 214 Å². The van der Waals surface area contributed by atoms with Crippen molar-refractivity contribution in [1.29, 1.82) is 0 Å². The minimum atomic E-state index is -2.13. The van der Waals surface area contributed by atoms with Gasteiger partial charge in [0.2, 0.25) is 0 Å². The fraction of sp³-hybridized carbons (Fsp3) is 0.841. The Bertz CT molecular complexity index is 2910. The van der Waals surface area contributed by atoms with Crippen molar-refractivity contribution in [3.63, 3.8) is 0 Å². The van der Waals surface area contributed by atoms with E-state index in [1.165, 1.54) is 96.8 Å². The number of carbonyl (C=O) groups excluding carboxylic acids is 13. The number of amides is 1. The molecule has 114 heavy (non-hydrogen) atoms. The van der Waals surface area contributed by atoms with E-state index in [1.807, 2.05) is 0 Å². The number of nitrogens with one attached hydrogen (secondary N) is 1. The van der Waals surface area contributed by atoms with Crippen molar-refractivity contribution < 1.29 is 148 Å². The average Bonchev–Trinajstić information content (AvgIpc) is 0.759. The lowest BCUT2D eigenvalue weighted by molar-refractivity contribution is -0.386. The molecule has 3 fully saturated rings. The molecule has 3 saturated heterocycles. The number of carbonyl (C=O) groups is 13. The number of esters is 12. The van der Waals surface area contributed by atoms with Gasteiger partial charge in [0.1, 0.15) is 43.7 Å². The molecule has 32 nitrogen and oxygen atoms in total. The predicted molar refractivity (Wildman–Crippen MR) is 407 cm³/mol. The Morgan fingerprint density at radius 2 is 0.623 bits per heavy atom.